The lowest BCUT2D eigenvalue weighted by Crippen LogP contribution is -2.41. The number of nitrogens with one attached hydrogen (secondary N) is 1. The number of piperidine rings is 1. The number of fused-ring (bicyclic) bond motifs is 1. The fourth-order valence-corrected chi connectivity index (χ4v) is 5.52. The van der Waals surface area contributed by atoms with E-state index in [0.29, 0.717) is 30.0 Å². The van der Waals surface area contributed by atoms with E-state index in [1.54, 1.807) is 12.1 Å². The molecule has 1 aliphatic heterocycles. The van der Waals surface area contributed by atoms with Gasteiger partial charge in [0.2, 0.25) is 21.8 Å². The lowest BCUT2D eigenvalue weighted by Gasteiger charge is -2.30. The molecule has 0 aliphatic carbocycles. The molecule has 1 aliphatic rings. The van der Waals surface area contributed by atoms with Gasteiger partial charge in [-0.3, -0.25) is 4.79 Å². The van der Waals surface area contributed by atoms with Crippen molar-refractivity contribution in [2.24, 2.45) is 5.92 Å². The van der Waals surface area contributed by atoms with Crippen LogP contribution in [0.3, 0.4) is 0 Å². The quantitative estimate of drug-likeness (QED) is 0.449. The number of nitrogens with zero attached hydrogens (tertiary/aromatic N) is 2. The van der Waals surface area contributed by atoms with Gasteiger partial charge in [-0.15, -0.1) is 0 Å². The molecule has 5 rings (SSSR count). The van der Waals surface area contributed by atoms with Crippen molar-refractivity contribution in [2.45, 2.75) is 17.7 Å². The molecule has 174 valence electrons. The highest BCUT2D eigenvalue weighted by molar-refractivity contribution is 7.89. The van der Waals surface area contributed by atoms with Crippen LogP contribution in [0, 0.1) is 11.7 Å². The molecule has 3 aromatic carbocycles. The van der Waals surface area contributed by atoms with Gasteiger partial charge in [0.05, 0.1) is 4.90 Å². The van der Waals surface area contributed by atoms with E-state index in [-0.39, 0.29) is 29.8 Å². The van der Waals surface area contributed by atoms with Crippen LogP contribution in [0.25, 0.3) is 22.6 Å². The van der Waals surface area contributed by atoms with E-state index in [2.05, 4.69) is 10.3 Å². The Morgan fingerprint density at radius 2 is 1.65 bits per heavy atom. The molecule has 1 N–H and O–H groups in total. The molecular weight excluding hydrogens is 457 g/mol. The third-order valence-corrected chi connectivity index (χ3v) is 7.88. The number of aromatic nitrogens is 1. The van der Waals surface area contributed by atoms with Gasteiger partial charge in [-0.1, -0.05) is 12.1 Å². The van der Waals surface area contributed by atoms with Gasteiger partial charge in [-0.25, -0.2) is 17.8 Å². The number of sulfonamides is 1. The molecule has 1 saturated heterocycles. The summed E-state index contributed by atoms with van der Waals surface area (Å²) in [4.78, 5) is 17.3. The largest absolute Gasteiger partial charge is 0.436 e. The van der Waals surface area contributed by atoms with E-state index < -0.39 is 15.8 Å². The number of rotatable bonds is 5. The van der Waals surface area contributed by atoms with Crippen LogP contribution in [0.5, 0.6) is 0 Å². The van der Waals surface area contributed by atoms with Crippen molar-refractivity contribution in [1.82, 2.24) is 9.29 Å². The van der Waals surface area contributed by atoms with E-state index in [4.69, 9.17) is 4.42 Å². The molecule has 0 bridgehead atoms. The van der Waals surface area contributed by atoms with E-state index in [0.717, 1.165) is 23.2 Å². The number of carbonyl (C=O) groups is 1. The van der Waals surface area contributed by atoms with Crippen LogP contribution in [0.2, 0.25) is 0 Å². The molecule has 0 spiro atoms. The molecule has 1 fully saturated rings. The van der Waals surface area contributed by atoms with Crippen LogP contribution in [-0.2, 0) is 14.8 Å². The second-order valence-electron chi connectivity index (χ2n) is 8.19. The summed E-state index contributed by atoms with van der Waals surface area (Å²) in [5.74, 6) is -0.421. The first kappa shape index (κ1) is 22.2. The third-order valence-electron chi connectivity index (χ3n) is 5.97. The predicted molar refractivity (Wildman–Crippen MR) is 126 cm³/mol. The van der Waals surface area contributed by atoms with Crippen molar-refractivity contribution in [2.75, 3.05) is 18.4 Å². The molecule has 0 saturated carbocycles. The fourth-order valence-electron chi connectivity index (χ4n) is 4.05. The van der Waals surface area contributed by atoms with Crippen molar-refractivity contribution in [3.8, 4) is 11.5 Å². The number of para-hydroxylation sites is 2. The summed E-state index contributed by atoms with van der Waals surface area (Å²) in [6.07, 6.45) is 0.820. The van der Waals surface area contributed by atoms with Gasteiger partial charge < -0.3 is 9.73 Å². The Balaban J connectivity index is 1.19. The zero-order valence-electron chi connectivity index (χ0n) is 18.1. The summed E-state index contributed by atoms with van der Waals surface area (Å²) in [6.45, 7) is 0.461. The van der Waals surface area contributed by atoms with E-state index in [9.17, 15) is 17.6 Å². The van der Waals surface area contributed by atoms with E-state index >= 15 is 0 Å². The zero-order valence-corrected chi connectivity index (χ0v) is 19.0. The lowest BCUT2D eigenvalue weighted by atomic mass is 9.97. The van der Waals surface area contributed by atoms with Crippen LogP contribution in [0.4, 0.5) is 10.1 Å². The molecule has 4 aromatic rings. The summed E-state index contributed by atoms with van der Waals surface area (Å²) in [7, 11) is -3.71. The normalized spacial score (nSPS) is 15.4. The minimum Gasteiger partial charge on any atom is -0.436 e. The monoisotopic (exact) mass is 479 g/mol. The van der Waals surface area contributed by atoms with Crippen molar-refractivity contribution in [1.29, 1.82) is 0 Å². The highest BCUT2D eigenvalue weighted by Gasteiger charge is 2.32. The first-order chi connectivity index (χ1) is 16.4. The van der Waals surface area contributed by atoms with Crippen LogP contribution >= 0.6 is 0 Å². The molecule has 0 unspecified atom stereocenters. The van der Waals surface area contributed by atoms with Crippen molar-refractivity contribution >= 4 is 32.7 Å². The number of halogens is 1. The molecule has 34 heavy (non-hydrogen) atoms. The Hall–Kier alpha value is -3.56. The SMILES string of the molecule is O=C(Nc1ccc(-c2nc3ccccc3o2)cc1)C1CCN(S(=O)(=O)c2ccc(F)cc2)CC1. The number of hydrogen-bond acceptors (Lipinski definition) is 5. The molecule has 1 amide bonds. The standard InChI is InChI=1S/C25H22FN3O4S/c26-19-7-11-21(12-8-19)34(31,32)29-15-13-17(14-16-29)24(30)27-20-9-5-18(6-10-20)25-28-22-3-1-2-4-23(22)33-25/h1-12,17H,13-16H2,(H,27,30). The highest BCUT2D eigenvalue weighted by atomic mass is 32.2. The maximum atomic E-state index is 13.1. The minimum absolute atomic E-state index is 0.0517. The number of anilines is 1. The van der Waals surface area contributed by atoms with Crippen molar-refractivity contribution in [3.63, 3.8) is 0 Å². The second-order valence-corrected chi connectivity index (χ2v) is 10.1. The van der Waals surface area contributed by atoms with Gasteiger partial charge >= 0.3 is 0 Å². The van der Waals surface area contributed by atoms with Gasteiger partial charge in [0, 0.05) is 30.3 Å². The molecular formula is C25H22FN3O4S. The van der Waals surface area contributed by atoms with E-state index in [1.165, 1.54) is 16.4 Å². The van der Waals surface area contributed by atoms with Gasteiger partial charge in [0.15, 0.2) is 5.58 Å². The Morgan fingerprint density at radius 1 is 0.971 bits per heavy atom. The van der Waals surface area contributed by atoms with Gasteiger partial charge in [0.25, 0.3) is 0 Å². The number of hydrogen-bond donors (Lipinski definition) is 1. The maximum absolute atomic E-state index is 13.1. The Morgan fingerprint density at radius 3 is 2.32 bits per heavy atom. The van der Waals surface area contributed by atoms with Gasteiger partial charge in [-0.2, -0.15) is 4.31 Å². The number of amides is 1. The molecule has 7 nitrogen and oxygen atoms in total. The highest BCUT2D eigenvalue weighted by Crippen LogP contribution is 2.27. The fraction of sp³-hybridized carbons (Fsp3) is 0.200. The molecule has 1 aromatic heterocycles. The number of carbonyl (C=O) groups excluding carboxylic acids is 1. The average molecular weight is 480 g/mol. The van der Waals surface area contributed by atoms with E-state index in [1.807, 2.05) is 36.4 Å². The smallest absolute Gasteiger partial charge is 0.243 e. The molecule has 0 radical (unpaired) electrons. The average Bonchev–Trinajstić information content (AvgIpc) is 3.29. The van der Waals surface area contributed by atoms with Crippen LogP contribution in [0.1, 0.15) is 12.8 Å². The first-order valence-electron chi connectivity index (χ1n) is 10.9. The topological polar surface area (TPSA) is 92.5 Å². The first-order valence-corrected chi connectivity index (χ1v) is 12.4. The van der Waals surface area contributed by atoms with Crippen LogP contribution in [-0.4, -0.2) is 36.7 Å². The van der Waals surface area contributed by atoms with Crippen LogP contribution in [0.15, 0.2) is 82.1 Å². The minimum atomic E-state index is -3.71. The molecule has 2 heterocycles. The summed E-state index contributed by atoms with van der Waals surface area (Å²) < 4.78 is 45.8. The van der Waals surface area contributed by atoms with Crippen LogP contribution < -0.4 is 5.32 Å². The lowest BCUT2D eigenvalue weighted by molar-refractivity contribution is -0.120. The summed E-state index contributed by atoms with van der Waals surface area (Å²) in [6, 6.07) is 19.5. The maximum Gasteiger partial charge on any atom is 0.243 e. The second kappa shape index (κ2) is 9.00. The molecule has 0 atom stereocenters. The number of benzene rings is 3. The summed E-state index contributed by atoms with van der Waals surface area (Å²) >= 11 is 0. The number of oxazole rings is 1. The van der Waals surface area contributed by atoms with Gasteiger partial charge in [0.1, 0.15) is 11.3 Å². The zero-order chi connectivity index (χ0) is 23.7. The third kappa shape index (κ3) is 4.44. The Labute approximate surface area is 196 Å². The Kier molecular flexibility index (Phi) is 5.89. The van der Waals surface area contributed by atoms with Gasteiger partial charge in [-0.05, 0) is 73.5 Å². The molecule has 9 heteroatoms. The summed E-state index contributed by atoms with van der Waals surface area (Å²) in [5, 5.41) is 2.91. The van der Waals surface area contributed by atoms with Crippen molar-refractivity contribution in [3.05, 3.63) is 78.6 Å². The summed E-state index contributed by atoms with van der Waals surface area (Å²) in [5.41, 5.74) is 2.94. The Bertz CT molecular complexity index is 1390. The predicted octanol–water partition coefficient (Wildman–Crippen LogP) is 4.67. The van der Waals surface area contributed by atoms with Crippen molar-refractivity contribution < 1.29 is 22.0 Å².